The van der Waals surface area contributed by atoms with Crippen molar-refractivity contribution in [3.63, 3.8) is 0 Å². The molecule has 3 nitrogen and oxygen atoms in total. The molecule has 0 unspecified atom stereocenters. The highest BCUT2D eigenvalue weighted by Crippen LogP contribution is 2.24. The van der Waals surface area contributed by atoms with E-state index < -0.39 is 18.0 Å². The quantitative estimate of drug-likeness (QED) is 0.741. The van der Waals surface area contributed by atoms with Gasteiger partial charge in [-0.3, -0.25) is 0 Å². The highest BCUT2D eigenvalue weighted by molar-refractivity contribution is 5.30. The van der Waals surface area contributed by atoms with Crippen LogP contribution in [0.25, 0.3) is 0 Å². The number of aromatic hydroxyl groups is 1. The highest BCUT2D eigenvalue weighted by atomic mass is 19.1. The third kappa shape index (κ3) is 3.98. The van der Waals surface area contributed by atoms with Crippen molar-refractivity contribution >= 4 is 0 Å². The van der Waals surface area contributed by atoms with E-state index in [0.29, 0.717) is 12.3 Å². The Bertz CT molecular complexity index is 368. The first kappa shape index (κ1) is 13.9. The number of aliphatic hydroxyl groups excluding tert-OH is 1. The molecule has 0 spiro atoms. The maximum atomic E-state index is 13.5. The van der Waals surface area contributed by atoms with Gasteiger partial charge in [-0.15, -0.1) is 0 Å². The van der Waals surface area contributed by atoms with Gasteiger partial charge < -0.3 is 15.9 Å². The van der Waals surface area contributed by atoms with Crippen molar-refractivity contribution in [2.75, 3.05) is 0 Å². The van der Waals surface area contributed by atoms with Gasteiger partial charge in [-0.1, -0.05) is 19.9 Å². The van der Waals surface area contributed by atoms with Crippen molar-refractivity contribution in [1.82, 2.24) is 0 Å². The zero-order valence-corrected chi connectivity index (χ0v) is 10.2. The van der Waals surface area contributed by atoms with Crippen LogP contribution in [0.2, 0.25) is 0 Å². The fraction of sp³-hybridized carbons (Fsp3) is 0.538. The standard InChI is InChI=1S/C13H20FNO2/c1-8(2)3-6-12(17)13(15)10-5-4-9(16)7-11(10)14/h4-5,7-8,12-13,16-17H,3,6,15H2,1-2H3/t12-,13+/m0/s1. The Labute approximate surface area is 101 Å². The van der Waals surface area contributed by atoms with E-state index in [2.05, 4.69) is 13.8 Å². The van der Waals surface area contributed by atoms with Gasteiger partial charge in [-0.05, 0) is 24.8 Å². The number of hydrogen-bond acceptors (Lipinski definition) is 3. The molecule has 0 aromatic heterocycles. The van der Waals surface area contributed by atoms with Crippen LogP contribution in [0.1, 0.15) is 38.3 Å². The van der Waals surface area contributed by atoms with E-state index in [1.165, 1.54) is 12.1 Å². The van der Waals surface area contributed by atoms with Gasteiger partial charge in [0.1, 0.15) is 11.6 Å². The largest absolute Gasteiger partial charge is 0.508 e. The molecule has 0 heterocycles. The third-order valence-corrected chi connectivity index (χ3v) is 2.80. The fourth-order valence-corrected chi connectivity index (χ4v) is 1.68. The van der Waals surface area contributed by atoms with Gasteiger partial charge in [0.25, 0.3) is 0 Å². The second kappa shape index (κ2) is 5.98. The van der Waals surface area contributed by atoms with Crippen molar-refractivity contribution in [2.24, 2.45) is 11.7 Å². The lowest BCUT2D eigenvalue weighted by molar-refractivity contribution is 0.127. The Hall–Kier alpha value is -1.13. The lowest BCUT2D eigenvalue weighted by Gasteiger charge is -2.20. The summed E-state index contributed by atoms with van der Waals surface area (Å²) < 4.78 is 13.5. The van der Waals surface area contributed by atoms with E-state index in [1.54, 1.807) is 0 Å². The van der Waals surface area contributed by atoms with E-state index in [1.807, 2.05) is 0 Å². The predicted molar refractivity (Wildman–Crippen MR) is 65.1 cm³/mol. The SMILES string of the molecule is CC(C)CC[C@H](O)[C@H](N)c1ccc(O)cc1F. The lowest BCUT2D eigenvalue weighted by Crippen LogP contribution is -2.27. The van der Waals surface area contributed by atoms with Crippen molar-refractivity contribution in [3.8, 4) is 5.75 Å². The van der Waals surface area contributed by atoms with E-state index >= 15 is 0 Å². The van der Waals surface area contributed by atoms with Crippen LogP contribution in [-0.2, 0) is 0 Å². The summed E-state index contributed by atoms with van der Waals surface area (Å²) in [6.45, 7) is 4.11. The molecular formula is C13H20FNO2. The second-order valence-electron chi connectivity index (χ2n) is 4.77. The first-order valence-electron chi connectivity index (χ1n) is 5.84. The molecule has 0 radical (unpaired) electrons. The molecule has 0 amide bonds. The maximum Gasteiger partial charge on any atom is 0.131 e. The minimum atomic E-state index is -0.767. The van der Waals surface area contributed by atoms with Gasteiger partial charge in [-0.25, -0.2) is 4.39 Å². The number of aliphatic hydroxyl groups is 1. The molecule has 1 rings (SSSR count). The smallest absolute Gasteiger partial charge is 0.131 e. The minimum absolute atomic E-state index is 0.143. The van der Waals surface area contributed by atoms with Crippen LogP contribution in [0.3, 0.4) is 0 Å². The maximum absolute atomic E-state index is 13.5. The normalized spacial score (nSPS) is 14.9. The third-order valence-electron chi connectivity index (χ3n) is 2.80. The van der Waals surface area contributed by atoms with Crippen LogP contribution in [0, 0.1) is 11.7 Å². The molecule has 0 aliphatic heterocycles. The van der Waals surface area contributed by atoms with Gasteiger partial charge in [0.2, 0.25) is 0 Å². The fourth-order valence-electron chi connectivity index (χ4n) is 1.68. The first-order chi connectivity index (χ1) is 7.91. The molecule has 2 atom stereocenters. The average molecular weight is 241 g/mol. The van der Waals surface area contributed by atoms with E-state index in [-0.39, 0.29) is 11.3 Å². The highest BCUT2D eigenvalue weighted by Gasteiger charge is 2.20. The van der Waals surface area contributed by atoms with Gasteiger partial charge in [0.15, 0.2) is 0 Å². The summed E-state index contributed by atoms with van der Waals surface area (Å²) in [4.78, 5) is 0. The van der Waals surface area contributed by atoms with Crippen molar-refractivity contribution in [3.05, 3.63) is 29.6 Å². The molecule has 0 aliphatic rings. The molecule has 17 heavy (non-hydrogen) atoms. The molecule has 0 fully saturated rings. The number of hydrogen-bond donors (Lipinski definition) is 3. The lowest BCUT2D eigenvalue weighted by atomic mass is 9.95. The van der Waals surface area contributed by atoms with Gasteiger partial charge in [0, 0.05) is 11.6 Å². The molecule has 0 saturated heterocycles. The van der Waals surface area contributed by atoms with Crippen LogP contribution in [0.15, 0.2) is 18.2 Å². The van der Waals surface area contributed by atoms with Crippen LogP contribution in [-0.4, -0.2) is 16.3 Å². The Morgan fingerprint density at radius 1 is 1.29 bits per heavy atom. The summed E-state index contributed by atoms with van der Waals surface area (Å²) in [7, 11) is 0. The van der Waals surface area contributed by atoms with Crippen molar-refractivity contribution < 1.29 is 14.6 Å². The molecule has 1 aromatic carbocycles. The summed E-state index contributed by atoms with van der Waals surface area (Å²) >= 11 is 0. The van der Waals surface area contributed by atoms with Crippen molar-refractivity contribution in [2.45, 2.75) is 38.8 Å². The summed E-state index contributed by atoms with van der Waals surface area (Å²) in [5.74, 6) is -0.252. The molecule has 96 valence electrons. The van der Waals surface area contributed by atoms with Crippen LogP contribution >= 0.6 is 0 Å². The number of nitrogens with two attached hydrogens (primary N) is 1. The zero-order chi connectivity index (χ0) is 13.0. The Morgan fingerprint density at radius 2 is 1.94 bits per heavy atom. The van der Waals surface area contributed by atoms with Gasteiger partial charge in [-0.2, -0.15) is 0 Å². The summed E-state index contributed by atoms with van der Waals surface area (Å²) in [6, 6.07) is 3.03. The summed E-state index contributed by atoms with van der Waals surface area (Å²) in [5, 5.41) is 19.0. The summed E-state index contributed by atoms with van der Waals surface area (Å²) in [6.07, 6.45) is 0.615. The second-order valence-corrected chi connectivity index (χ2v) is 4.77. The van der Waals surface area contributed by atoms with Crippen LogP contribution in [0.4, 0.5) is 4.39 Å². The topological polar surface area (TPSA) is 66.5 Å². The molecule has 4 heteroatoms. The Balaban J connectivity index is 2.71. The number of phenols is 1. The van der Waals surface area contributed by atoms with E-state index in [0.717, 1.165) is 12.5 Å². The molecule has 0 saturated carbocycles. The average Bonchev–Trinajstić information content (AvgIpc) is 2.25. The zero-order valence-electron chi connectivity index (χ0n) is 10.2. The number of phenolic OH excluding ortho intramolecular Hbond substituents is 1. The molecular weight excluding hydrogens is 221 g/mol. The Morgan fingerprint density at radius 3 is 2.47 bits per heavy atom. The van der Waals surface area contributed by atoms with E-state index in [4.69, 9.17) is 10.8 Å². The molecule has 1 aromatic rings. The van der Waals surface area contributed by atoms with E-state index in [9.17, 15) is 9.50 Å². The molecule has 0 bridgehead atoms. The van der Waals surface area contributed by atoms with Crippen LogP contribution in [0.5, 0.6) is 5.75 Å². The molecule has 4 N–H and O–H groups in total. The number of benzene rings is 1. The van der Waals surface area contributed by atoms with Gasteiger partial charge in [0.05, 0.1) is 12.1 Å². The van der Waals surface area contributed by atoms with Crippen LogP contribution < -0.4 is 5.73 Å². The van der Waals surface area contributed by atoms with Gasteiger partial charge >= 0.3 is 0 Å². The monoisotopic (exact) mass is 241 g/mol. The predicted octanol–water partition coefficient (Wildman–Crippen LogP) is 2.33. The number of halogens is 1. The number of rotatable bonds is 5. The first-order valence-corrected chi connectivity index (χ1v) is 5.84. The molecule has 0 aliphatic carbocycles. The summed E-state index contributed by atoms with van der Waals surface area (Å²) in [5.41, 5.74) is 6.04. The Kier molecular flexibility index (Phi) is 4.90. The minimum Gasteiger partial charge on any atom is -0.508 e. The van der Waals surface area contributed by atoms with Crippen molar-refractivity contribution in [1.29, 1.82) is 0 Å².